The number of rotatable bonds is 18. The predicted octanol–water partition coefficient (Wildman–Crippen LogP) is 4.22. The van der Waals surface area contributed by atoms with Crippen LogP contribution in [0, 0.1) is 6.92 Å². The van der Waals surface area contributed by atoms with Crippen LogP contribution in [0.25, 0.3) is 26.9 Å². The second kappa shape index (κ2) is 20.5. The minimum atomic E-state index is -1.01. The van der Waals surface area contributed by atoms with Gasteiger partial charge in [-0.05, 0) is 74.3 Å². The summed E-state index contributed by atoms with van der Waals surface area (Å²) in [6.45, 7) is 1.15. The molecule has 1 radical (unpaired) electrons. The maximum absolute atomic E-state index is 13.4. The van der Waals surface area contributed by atoms with Crippen molar-refractivity contribution in [1.29, 1.82) is 0 Å². The van der Waals surface area contributed by atoms with Crippen molar-refractivity contribution in [2.24, 2.45) is 0 Å². The number of hydrogen-bond acceptors (Lipinski definition) is 8. The van der Waals surface area contributed by atoms with Gasteiger partial charge in [0.15, 0.2) is 0 Å². The zero-order chi connectivity index (χ0) is 34.3. The number of nitrogens with one attached hydrogen (secondary N) is 1. The molecule has 3 aromatic rings. The number of fused-ring (bicyclic) bond motifs is 1. The number of aliphatic carboxylic acids is 1. The molecule has 2 N–H and O–H groups in total. The van der Waals surface area contributed by atoms with Crippen molar-refractivity contribution in [3.8, 4) is 5.75 Å². The van der Waals surface area contributed by atoms with Gasteiger partial charge >= 0.3 is 26.1 Å². The molecule has 0 unspecified atom stereocenters. The van der Waals surface area contributed by atoms with E-state index in [4.69, 9.17) is 16.3 Å². The van der Waals surface area contributed by atoms with Crippen LogP contribution in [0.1, 0.15) is 47.3 Å². The van der Waals surface area contributed by atoms with E-state index in [1.54, 1.807) is 49.4 Å². The molecule has 0 atom stereocenters. The van der Waals surface area contributed by atoms with Crippen LogP contribution >= 0.6 is 11.6 Å². The van der Waals surface area contributed by atoms with Gasteiger partial charge in [0.05, 0.1) is 18.5 Å². The summed E-state index contributed by atoms with van der Waals surface area (Å²) in [5.74, 6) is -3.52. The van der Waals surface area contributed by atoms with E-state index in [0.717, 1.165) is 19.3 Å². The van der Waals surface area contributed by atoms with Crippen LogP contribution in [-0.4, -0.2) is 83.7 Å². The molecule has 0 saturated carbocycles. The molecule has 3 rings (SSSR count). The number of carbonyl (C=O) groups is 6. The van der Waals surface area contributed by atoms with Crippen molar-refractivity contribution in [3.63, 3.8) is 0 Å². The fraction of sp³-hybridized carbons (Fsp3) is 0.375. The van der Waals surface area contributed by atoms with Crippen LogP contribution < -0.4 is 10.1 Å². The number of ether oxygens (including phenoxy) is 1. The number of nitrogens with zero attached hydrogens (tertiary/aromatic N) is 4. The standard InChI is InChI=1S/C32H38ClN5O8S.Tc/c1-20-24(15-31(43)44)25-14-23(10-11-26(25)38(20)32(45)21-6-8-22(33)9-7-21)46-13-5-3-2-4-12-34-27(39)16-35-28(40)17-36-29(41)18-37-30(42)19-47;/h6-11,14H,2-5,12-13,15-19H2,1H3,(H6,34,35,36,37,39,40,41,42,43,44,47);/q;+4/p-4. The third-order valence-corrected chi connectivity index (χ3v) is 7.39. The van der Waals surface area contributed by atoms with Crippen molar-refractivity contribution in [3.05, 3.63) is 80.3 Å². The Kier molecular flexibility index (Phi) is 17.2. The van der Waals surface area contributed by atoms with Gasteiger partial charge in [0.2, 0.25) is 5.91 Å². The predicted molar refractivity (Wildman–Crippen MR) is 178 cm³/mol. The Morgan fingerprint density at radius 2 is 1.50 bits per heavy atom. The van der Waals surface area contributed by atoms with Crippen LogP contribution in [0.15, 0.2) is 42.5 Å². The van der Waals surface area contributed by atoms with Gasteiger partial charge in [-0.2, -0.15) is 0 Å². The largest absolute Gasteiger partial charge is 4.00 e. The minimum Gasteiger partial charge on any atom is -0.787 e. The molecular weight excluding hydrogens is 748 g/mol. The van der Waals surface area contributed by atoms with Gasteiger partial charge in [-0.15, -0.1) is 5.75 Å². The number of aromatic nitrogens is 1. The van der Waals surface area contributed by atoms with E-state index < -0.39 is 42.7 Å². The number of carboxylic acids is 1. The Morgan fingerprint density at radius 3 is 2.15 bits per heavy atom. The van der Waals surface area contributed by atoms with Crippen molar-refractivity contribution in [2.45, 2.75) is 39.0 Å². The average Bonchev–Trinajstić information content (AvgIpc) is 3.32. The quantitative estimate of drug-likeness (QED) is 0.141. The molecule has 4 amide bonds. The summed E-state index contributed by atoms with van der Waals surface area (Å²) < 4.78 is 7.43. The fourth-order valence-electron chi connectivity index (χ4n) is 4.58. The number of benzene rings is 2. The van der Waals surface area contributed by atoms with E-state index in [9.17, 15) is 33.9 Å². The molecule has 0 aliphatic rings. The Morgan fingerprint density at radius 1 is 0.875 bits per heavy atom. The molecule has 0 fully saturated rings. The average molecular weight is 782 g/mol. The molecule has 0 aliphatic carbocycles. The van der Waals surface area contributed by atoms with Crippen LogP contribution in [0.2, 0.25) is 5.02 Å². The van der Waals surface area contributed by atoms with Crippen LogP contribution in [0.3, 0.4) is 0 Å². The first-order chi connectivity index (χ1) is 22.5. The molecule has 2 aromatic carbocycles. The first-order valence-corrected chi connectivity index (χ1v) is 15.7. The summed E-state index contributed by atoms with van der Waals surface area (Å²) in [4.78, 5) is 71.0. The monoisotopic (exact) mass is 780 g/mol. The molecule has 1 aromatic heterocycles. The Labute approximate surface area is 301 Å². The SMILES string of the molecule is Cc1c(CC(=O)O)c2cc(OCCCCCCNC(=O)C[N-]C(=O)C[N-]C(=O)C[N-]C(=O)C[S-])ccc2n1C(=O)c1ccc(Cl)cc1.[Tc+4]. The number of hydrogen-bond donors (Lipinski definition) is 2. The van der Waals surface area contributed by atoms with Crippen LogP contribution in [-0.2, 0) is 63.1 Å². The summed E-state index contributed by atoms with van der Waals surface area (Å²) in [6.07, 6.45) is 2.84. The maximum Gasteiger partial charge on any atom is 4.00 e. The zero-order valence-electron chi connectivity index (χ0n) is 26.1. The second-order valence-electron chi connectivity index (χ2n) is 10.3. The van der Waals surface area contributed by atoms with Gasteiger partial charge in [-0.25, -0.2) is 0 Å². The summed E-state index contributed by atoms with van der Waals surface area (Å²) in [7, 11) is 0. The molecule has 13 nitrogen and oxygen atoms in total. The summed E-state index contributed by atoms with van der Waals surface area (Å²) in [5, 5.41) is 23.7. The van der Waals surface area contributed by atoms with Crippen molar-refractivity contribution in [1.82, 2.24) is 9.88 Å². The van der Waals surface area contributed by atoms with Gasteiger partial charge in [0, 0.05) is 45.9 Å². The third kappa shape index (κ3) is 12.6. The topological polar surface area (TPSA) is 191 Å². The molecule has 255 valence electrons. The molecule has 0 bridgehead atoms. The molecular formula is C32H34ClN5O8STc. The van der Waals surface area contributed by atoms with Crippen molar-refractivity contribution in [2.75, 3.05) is 38.5 Å². The van der Waals surface area contributed by atoms with Gasteiger partial charge in [0.25, 0.3) is 5.91 Å². The van der Waals surface area contributed by atoms with Crippen LogP contribution in [0.5, 0.6) is 5.75 Å². The summed E-state index contributed by atoms with van der Waals surface area (Å²) in [5.41, 5.74) is 2.08. The van der Waals surface area contributed by atoms with Crippen LogP contribution in [0.4, 0.5) is 0 Å². The second-order valence-corrected chi connectivity index (χ2v) is 11.1. The van der Waals surface area contributed by atoms with E-state index in [1.165, 1.54) is 4.57 Å². The van der Waals surface area contributed by atoms with Gasteiger partial charge in [0.1, 0.15) is 5.75 Å². The molecule has 0 saturated heterocycles. The summed E-state index contributed by atoms with van der Waals surface area (Å²) >= 11 is 10.5. The molecule has 1 heterocycles. The molecule has 16 heteroatoms. The third-order valence-electron chi connectivity index (χ3n) is 6.89. The van der Waals surface area contributed by atoms with E-state index in [1.807, 2.05) is 0 Å². The first-order valence-electron chi connectivity index (χ1n) is 14.7. The first kappa shape index (κ1) is 40.3. The Hall–Kier alpha value is -3.91. The molecule has 0 aliphatic heterocycles. The van der Waals surface area contributed by atoms with Gasteiger partial charge in [-0.3, -0.25) is 19.0 Å². The number of carboxylic acid groups (broad SMARTS) is 1. The molecule has 48 heavy (non-hydrogen) atoms. The van der Waals surface area contributed by atoms with E-state index in [2.05, 4.69) is 33.9 Å². The van der Waals surface area contributed by atoms with Gasteiger partial charge in [-0.1, -0.05) is 37.5 Å². The fourth-order valence-corrected chi connectivity index (χ4v) is 4.80. The number of amides is 4. The Bertz CT molecular complexity index is 1620. The van der Waals surface area contributed by atoms with E-state index >= 15 is 0 Å². The number of halogens is 1. The van der Waals surface area contributed by atoms with Crippen molar-refractivity contribution < 1.29 is 58.7 Å². The van der Waals surface area contributed by atoms with E-state index in [0.29, 0.717) is 58.1 Å². The van der Waals surface area contributed by atoms with E-state index in [-0.39, 0.29) is 44.7 Å². The zero-order valence-corrected chi connectivity index (χ0v) is 29.5. The minimum absolute atomic E-state index is 0. The Balaban J connectivity index is 0.00000800. The number of carbonyl (C=O) groups excluding carboxylic acids is 5. The smallest absolute Gasteiger partial charge is 0.787 e. The van der Waals surface area contributed by atoms with Gasteiger partial charge < -0.3 is 58.1 Å². The van der Waals surface area contributed by atoms with Crippen molar-refractivity contribution >= 4 is 70.6 Å². The summed E-state index contributed by atoms with van der Waals surface area (Å²) in [6, 6.07) is 11.8. The number of unbranched alkanes of at least 4 members (excludes halogenated alkanes) is 3. The normalized spacial score (nSPS) is 10.5. The molecule has 0 spiro atoms. The maximum atomic E-state index is 13.4.